The maximum Gasteiger partial charge on any atom is 0.472 e. The first-order valence-electron chi connectivity index (χ1n) is 33.8. The predicted molar refractivity (Wildman–Crippen MR) is 371 cm³/mol. The zero-order chi connectivity index (χ0) is 66.7. The van der Waals surface area contributed by atoms with Gasteiger partial charge in [0.25, 0.3) is 0 Å². The highest BCUT2D eigenvalue weighted by atomic mass is 31.2. The fourth-order valence-electron chi connectivity index (χ4n) is 8.11. The summed E-state index contributed by atoms with van der Waals surface area (Å²) >= 11 is 0. The Balaban J connectivity index is 4.73. The van der Waals surface area contributed by atoms with E-state index in [9.17, 15) is 43.5 Å². The summed E-state index contributed by atoms with van der Waals surface area (Å²) in [5.74, 6) is -1.70. The minimum atomic E-state index is -4.95. The van der Waals surface area contributed by atoms with Crippen molar-refractivity contribution in [3.05, 3.63) is 158 Å². The van der Waals surface area contributed by atoms with E-state index in [0.717, 1.165) is 141 Å². The molecule has 0 saturated heterocycles. The van der Waals surface area contributed by atoms with Gasteiger partial charge in [0.2, 0.25) is 0 Å². The smallest absolute Gasteiger partial charge is 0.463 e. The zero-order valence-corrected chi connectivity index (χ0v) is 57.5. The maximum atomic E-state index is 12.9. The Kier molecular flexibility index (Phi) is 61.8. The number of aliphatic hydroxyl groups is 2. The van der Waals surface area contributed by atoms with Crippen molar-refractivity contribution in [2.45, 2.75) is 245 Å². The monoisotopic (exact) mass is 1310 g/mol. The van der Waals surface area contributed by atoms with Gasteiger partial charge in [-0.3, -0.25) is 32.5 Å². The minimum absolute atomic E-state index is 0.0701. The summed E-state index contributed by atoms with van der Waals surface area (Å²) in [6.45, 7) is 2.26. The van der Waals surface area contributed by atoms with Crippen molar-refractivity contribution in [1.29, 1.82) is 0 Å². The Morgan fingerprint density at radius 2 is 0.593 bits per heavy atom. The lowest BCUT2D eigenvalue weighted by Crippen LogP contribution is -2.30. The van der Waals surface area contributed by atoms with Crippen LogP contribution in [0.5, 0.6) is 0 Å². The predicted octanol–water partition coefficient (Wildman–Crippen LogP) is 18.7. The van der Waals surface area contributed by atoms with Crippen LogP contribution in [0.4, 0.5) is 0 Å². The summed E-state index contributed by atoms with van der Waals surface area (Å²) < 4.78 is 60.8. The summed E-state index contributed by atoms with van der Waals surface area (Å²) in [6.07, 6.45) is 78.7. The van der Waals surface area contributed by atoms with E-state index >= 15 is 0 Å². The Labute approximate surface area is 549 Å². The second-order valence-corrected chi connectivity index (χ2v) is 24.8. The van der Waals surface area contributed by atoms with E-state index in [0.29, 0.717) is 25.7 Å². The van der Waals surface area contributed by atoms with Gasteiger partial charge in [-0.25, -0.2) is 9.13 Å². The van der Waals surface area contributed by atoms with Crippen molar-refractivity contribution < 1.29 is 75.8 Å². The molecule has 91 heavy (non-hydrogen) atoms. The molecule has 0 amide bonds. The summed E-state index contributed by atoms with van der Waals surface area (Å²) in [4.78, 5) is 58.3. The van der Waals surface area contributed by atoms with Gasteiger partial charge in [0.1, 0.15) is 25.4 Å². The van der Waals surface area contributed by atoms with Crippen molar-refractivity contribution in [3.63, 3.8) is 0 Å². The molecule has 0 aromatic rings. The Morgan fingerprint density at radius 1 is 0.319 bits per heavy atom. The third-order valence-electron chi connectivity index (χ3n) is 13.2. The van der Waals surface area contributed by atoms with Crippen molar-refractivity contribution >= 4 is 33.6 Å². The van der Waals surface area contributed by atoms with Gasteiger partial charge < -0.3 is 34.2 Å². The average molecular weight is 1310 g/mol. The van der Waals surface area contributed by atoms with Crippen LogP contribution in [-0.4, -0.2) is 95.9 Å². The standard InChI is InChI=1S/C73H118O16P2/c1-4-7-10-13-16-19-22-25-28-30-31-32-33-34-35-37-40-41-44-47-50-53-56-59-71(76)83-62-68(74)63-85-90(79,80)86-64-69(75)65-87-91(81,82)88-67-70(89-73(78)61-58-55-52-49-46-43-38-27-24-21-18-15-12-9-6-3)66-84-72(77)60-57-54-51-48-45-42-39-36-29-26-23-20-17-14-11-8-5-2/h7-8,10-11,16-21,25-29,31-32,34-35,38-42,48,51,68-70,74-75H,4-6,9,12-15,22-24,30,33,36-37,43-47,49-50,52-67H2,1-3H3,(H,79,80)(H,81,82)/b10-7-,11-8-,19-16-,20-17-,21-18-,28-25-,29-26-,32-31-,35-34-,38-27-,41-40-,42-39-,51-48-. The molecule has 0 aromatic heterocycles. The molecule has 4 N–H and O–H groups in total. The first-order valence-corrected chi connectivity index (χ1v) is 36.8. The number of phosphoric ester groups is 2. The average Bonchev–Trinajstić information content (AvgIpc) is 3.63. The van der Waals surface area contributed by atoms with Crippen molar-refractivity contribution in [2.24, 2.45) is 0 Å². The normalized spacial score (nSPS) is 15.2. The van der Waals surface area contributed by atoms with Crippen LogP contribution < -0.4 is 0 Å². The van der Waals surface area contributed by atoms with Crippen LogP contribution in [0.1, 0.15) is 226 Å². The quantitative estimate of drug-likeness (QED) is 0.0146. The van der Waals surface area contributed by atoms with Gasteiger partial charge in [-0.1, -0.05) is 224 Å². The lowest BCUT2D eigenvalue weighted by Gasteiger charge is -2.21. The van der Waals surface area contributed by atoms with E-state index < -0.39 is 91.5 Å². The molecule has 0 fully saturated rings. The number of allylic oxidation sites excluding steroid dienone is 26. The molecule has 516 valence electrons. The number of carbonyl (C=O) groups excluding carboxylic acids is 3. The number of ether oxygens (including phenoxy) is 3. The molecule has 18 heteroatoms. The molecule has 5 atom stereocenters. The Hall–Kier alpha value is -4.83. The second kappa shape index (κ2) is 65.2. The Bertz CT molecular complexity index is 2290. The zero-order valence-electron chi connectivity index (χ0n) is 55.7. The third kappa shape index (κ3) is 66.4. The molecule has 0 aromatic carbocycles. The fourth-order valence-corrected chi connectivity index (χ4v) is 9.69. The van der Waals surface area contributed by atoms with Gasteiger partial charge in [0, 0.05) is 19.3 Å². The molecule has 0 aliphatic heterocycles. The van der Waals surface area contributed by atoms with Crippen molar-refractivity contribution in [1.82, 2.24) is 0 Å². The first-order chi connectivity index (χ1) is 44.2. The van der Waals surface area contributed by atoms with Crippen LogP contribution in [0, 0.1) is 0 Å². The van der Waals surface area contributed by atoms with Crippen LogP contribution in [0.3, 0.4) is 0 Å². The van der Waals surface area contributed by atoms with Crippen LogP contribution in [0.2, 0.25) is 0 Å². The van der Waals surface area contributed by atoms with E-state index in [1.165, 1.54) is 19.3 Å². The lowest BCUT2D eigenvalue weighted by molar-refractivity contribution is -0.161. The Morgan fingerprint density at radius 3 is 0.967 bits per heavy atom. The van der Waals surface area contributed by atoms with Crippen LogP contribution in [0.15, 0.2) is 158 Å². The molecule has 0 aliphatic carbocycles. The summed E-state index contributed by atoms with van der Waals surface area (Å²) in [5.41, 5.74) is 0. The van der Waals surface area contributed by atoms with Gasteiger partial charge in [-0.15, -0.1) is 0 Å². The highest BCUT2D eigenvalue weighted by Gasteiger charge is 2.29. The molecule has 0 radical (unpaired) electrons. The number of hydrogen-bond donors (Lipinski definition) is 4. The highest BCUT2D eigenvalue weighted by Crippen LogP contribution is 2.45. The number of unbranched alkanes of at least 4 members (excludes halogenated alkanes) is 13. The van der Waals surface area contributed by atoms with Crippen LogP contribution >= 0.6 is 15.6 Å². The van der Waals surface area contributed by atoms with Crippen LogP contribution in [-0.2, 0) is 55.8 Å². The van der Waals surface area contributed by atoms with Crippen LogP contribution in [0.25, 0.3) is 0 Å². The van der Waals surface area contributed by atoms with Gasteiger partial charge in [-0.05, 0) is 141 Å². The van der Waals surface area contributed by atoms with Crippen molar-refractivity contribution in [3.8, 4) is 0 Å². The number of hydrogen-bond acceptors (Lipinski definition) is 14. The number of esters is 3. The molecule has 0 heterocycles. The van der Waals surface area contributed by atoms with Gasteiger partial charge in [0.05, 0.1) is 26.4 Å². The third-order valence-corrected chi connectivity index (χ3v) is 15.1. The minimum Gasteiger partial charge on any atom is -0.463 e. The number of aliphatic hydroxyl groups excluding tert-OH is 2. The summed E-state index contributed by atoms with van der Waals surface area (Å²) in [7, 11) is -9.82. The number of carbonyl (C=O) groups is 3. The van der Waals surface area contributed by atoms with E-state index in [1.54, 1.807) is 0 Å². The lowest BCUT2D eigenvalue weighted by atomic mass is 10.1. The van der Waals surface area contributed by atoms with E-state index in [-0.39, 0.29) is 19.3 Å². The molecule has 0 bridgehead atoms. The van der Waals surface area contributed by atoms with E-state index in [1.807, 2.05) is 12.2 Å². The SMILES string of the molecule is CC/C=C\C/C=C\C/C=C\C/C=C\C/C=C\C/C=C\CCCCCCC(=O)OCC(O)COP(=O)(O)OCC(O)COP(=O)(O)OCC(COC(=O)CCC/C=C\C/C=C\C/C=C\C/C=C\C/C=C\CC)OC(=O)CCCCCCC/C=C\C/C=C\CCCCC. The van der Waals surface area contributed by atoms with Gasteiger partial charge in [0.15, 0.2) is 6.10 Å². The molecule has 16 nitrogen and oxygen atoms in total. The van der Waals surface area contributed by atoms with E-state index in [2.05, 4.69) is 167 Å². The fraction of sp³-hybridized carbons (Fsp3) is 0.603. The molecule has 0 rings (SSSR count). The van der Waals surface area contributed by atoms with Crippen molar-refractivity contribution in [2.75, 3.05) is 39.6 Å². The largest absolute Gasteiger partial charge is 0.472 e. The topological polar surface area (TPSA) is 231 Å². The first kappa shape index (κ1) is 86.2. The molecule has 0 aliphatic rings. The van der Waals surface area contributed by atoms with E-state index in [4.69, 9.17) is 32.3 Å². The molecule has 0 saturated carbocycles. The molecular formula is C73H118O16P2. The van der Waals surface area contributed by atoms with Gasteiger partial charge in [-0.2, -0.15) is 0 Å². The maximum absolute atomic E-state index is 12.9. The highest BCUT2D eigenvalue weighted by molar-refractivity contribution is 7.47. The number of phosphoric acid groups is 2. The van der Waals surface area contributed by atoms with Gasteiger partial charge >= 0.3 is 33.6 Å². The summed E-state index contributed by atoms with van der Waals surface area (Å²) in [5, 5.41) is 20.5. The summed E-state index contributed by atoms with van der Waals surface area (Å²) in [6, 6.07) is 0. The number of rotatable bonds is 62. The molecule has 0 spiro atoms. The molecule has 5 unspecified atom stereocenters. The molecular weight excluding hydrogens is 1190 g/mol. The second-order valence-electron chi connectivity index (χ2n) is 21.9.